The molecule has 0 saturated heterocycles. The van der Waals surface area contributed by atoms with E-state index < -0.39 is 78.5 Å². The third-order valence-electron chi connectivity index (χ3n) is 25.3. The Hall–Kier alpha value is -12.9. The van der Waals surface area contributed by atoms with Gasteiger partial charge in [0.25, 0.3) is 0 Å². The van der Waals surface area contributed by atoms with E-state index in [1.54, 1.807) is 92.4 Å². The number of benzene rings is 12. The summed E-state index contributed by atoms with van der Waals surface area (Å²) < 4.78 is 75.7. The van der Waals surface area contributed by atoms with Crippen LogP contribution in [0.2, 0.25) is 10.0 Å². The summed E-state index contributed by atoms with van der Waals surface area (Å²) in [6.07, 6.45) is -2.20. The minimum absolute atomic E-state index is 0.0140. The Morgan fingerprint density at radius 2 is 0.527 bits per heavy atom. The predicted molar refractivity (Wildman–Crippen MR) is 562 cm³/mol. The number of nitrogens with zero attached hydrogens (tertiary/aromatic N) is 4. The molecule has 0 aliphatic carbocycles. The minimum Gasteiger partial charge on any atom is -0.493 e. The topological polar surface area (TPSA) is 380 Å². The molecule has 756 valence electrons. The summed E-state index contributed by atoms with van der Waals surface area (Å²) in [6, 6.07) is 76.3. The van der Waals surface area contributed by atoms with Gasteiger partial charge in [-0.2, -0.15) is 0 Å². The lowest BCUT2D eigenvalue weighted by molar-refractivity contribution is 0.0536. The van der Waals surface area contributed by atoms with Crippen LogP contribution >= 0.6 is 86.9 Å². The van der Waals surface area contributed by atoms with Crippen molar-refractivity contribution in [1.29, 1.82) is 0 Å². The molecular weight excluding hydrogens is 2180 g/mol. The number of carbonyl (C=O) groups excluding carboxylic acids is 4. The Morgan fingerprint density at radius 3 is 0.760 bits per heavy atom. The number of halogens is 8. The molecule has 0 spiro atoms. The second-order valence-corrected chi connectivity index (χ2v) is 39.6. The van der Waals surface area contributed by atoms with E-state index in [1.807, 2.05) is 121 Å². The maximum Gasteiger partial charge on any atom is 0.416 e. The molecule has 8 atom stereocenters. The first-order valence-corrected chi connectivity index (χ1v) is 50.9. The van der Waals surface area contributed by atoms with Crippen molar-refractivity contribution in [3.8, 4) is 46.0 Å². The number of fused-ring (bicyclic) bond motifs is 12. The third-order valence-corrected chi connectivity index (χ3v) is 27.8. The van der Waals surface area contributed by atoms with Gasteiger partial charge in [0, 0.05) is 133 Å². The standard InChI is InChI=1S/C28H26BrClN2O5.C28H26BrFN2O5.C27H24BrClN2O5.C27H24BrFN2O5/c2*29-18-3-10-25-24(15-18)23-11-13-32(28(35)37-22-8-4-19(30)5-9-22)27(26(23)31-25)17-1-6-21(7-2-17)36-14-12-20(34)16-33;2*28-17-3-10-24-23(13-17)22-11-12-31(27(34)36-21-8-4-18(29)5-9-21)26(25(22)30-24)16-1-6-20(7-2-16)35-15-19(33)14-32/h2*1-10,15,20,27,31,33-34H,11-14,16H2;2*1-10,13,19,26,30,32-33H,11-12,14-15H2/t2*20-,27?;;/m00../s1. The maximum atomic E-state index is 13.4. The molecule has 0 bridgehead atoms. The quantitative estimate of drug-likeness (QED) is 0.0240. The van der Waals surface area contributed by atoms with Gasteiger partial charge in [-0.25, -0.2) is 28.0 Å². The molecule has 12 N–H and O–H groups in total. The summed E-state index contributed by atoms with van der Waals surface area (Å²) in [5, 5.41) is 79.7. The number of H-pyrrole nitrogens is 4. The van der Waals surface area contributed by atoms with E-state index in [2.05, 4.69) is 108 Å². The Balaban J connectivity index is 0.000000133. The number of aromatic nitrogens is 4. The van der Waals surface area contributed by atoms with Crippen LogP contribution in [0.15, 0.2) is 285 Å². The third kappa shape index (κ3) is 25.1. The van der Waals surface area contributed by atoms with E-state index in [-0.39, 0.29) is 70.4 Å². The average Bonchev–Trinajstić information content (AvgIpc) is 1.61. The zero-order valence-electron chi connectivity index (χ0n) is 78.0. The number of hydrogen-bond donors (Lipinski definition) is 12. The zero-order chi connectivity index (χ0) is 102. The molecule has 4 aromatic heterocycles. The van der Waals surface area contributed by atoms with E-state index in [1.165, 1.54) is 59.7 Å². The lowest BCUT2D eigenvalue weighted by Crippen LogP contribution is -2.42. The molecule has 4 aliphatic rings. The minimum atomic E-state index is -0.965. The molecule has 0 radical (unpaired) electrons. The number of hydrogen-bond acceptors (Lipinski definition) is 20. The largest absolute Gasteiger partial charge is 0.493 e. The van der Waals surface area contributed by atoms with Gasteiger partial charge >= 0.3 is 24.4 Å². The van der Waals surface area contributed by atoms with Gasteiger partial charge in [-0.1, -0.05) is 135 Å². The fourth-order valence-corrected chi connectivity index (χ4v) is 19.8. The van der Waals surface area contributed by atoms with Crippen LogP contribution in [-0.2, 0) is 25.7 Å². The molecule has 4 amide bonds. The summed E-state index contributed by atoms with van der Waals surface area (Å²) in [5.74, 6) is 2.90. The van der Waals surface area contributed by atoms with Gasteiger partial charge in [-0.15, -0.1) is 0 Å². The van der Waals surface area contributed by atoms with Crippen LogP contribution in [0.1, 0.15) is 104 Å². The Morgan fingerprint density at radius 1 is 0.308 bits per heavy atom. The molecule has 16 aromatic rings. The van der Waals surface area contributed by atoms with Crippen molar-refractivity contribution in [2.75, 3.05) is 79.0 Å². The Labute approximate surface area is 880 Å². The van der Waals surface area contributed by atoms with E-state index in [0.717, 1.165) is 118 Å². The highest BCUT2D eigenvalue weighted by molar-refractivity contribution is 9.11. The van der Waals surface area contributed by atoms with Crippen LogP contribution in [0.4, 0.5) is 28.0 Å². The van der Waals surface area contributed by atoms with Crippen LogP contribution in [0.3, 0.4) is 0 Å². The van der Waals surface area contributed by atoms with Crippen LogP contribution in [-0.4, -0.2) is 208 Å². The highest BCUT2D eigenvalue weighted by Gasteiger charge is 2.42. The lowest BCUT2D eigenvalue weighted by atomic mass is 9.92. The van der Waals surface area contributed by atoms with E-state index in [4.69, 9.17) is 81.5 Å². The lowest BCUT2D eigenvalue weighted by Gasteiger charge is -2.35. The molecule has 0 fully saturated rings. The summed E-state index contributed by atoms with van der Waals surface area (Å²) in [6.45, 7) is 0.974. The van der Waals surface area contributed by atoms with Gasteiger partial charge in [0.05, 0.1) is 51.8 Å². The molecule has 0 saturated carbocycles. The van der Waals surface area contributed by atoms with Crippen molar-refractivity contribution in [3.63, 3.8) is 0 Å². The van der Waals surface area contributed by atoms with Crippen molar-refractivity contribution in [2.45, 2.75) is 87.1 Å². The van der Waals surface area contributed by atoms with E-state index >= 15 is 0 Å². The van der Waals surface area contributed by atoms with E-state index in [0.29, 0.717) is 109 Å². The van der Waals surface area contributed by atoms with Crippen molar-refractivity contribution in [3.05, 3.63) is 374 Å². The van der Waals surface area contributed by atoms with Crippen LogP contribution < -0.4 is 37.9 Å². The summed E-state index contributed by atoms with van der Waals surface area (Å²) >= 11 is 26.2. The van der Waals surface area contributed by atoms with Crippen molar-refractivity contribution < 1.29 is 107 Å². The fraction of sp³-hybridized carbons (Fsp3) is 0.236. The summed E-state index contributed by atoms with van der Waals surface area (Å²) in [7, 11) is 0. The molecule has 20 rings (SSSR count). The van der Waals surface area contributed by atoms with Gasteiger partial charge in [-0.05, 0) is 289 Å². The summed E-state index contributed by atoms with van der Waals surface area (Å²) in [5.41, 5.74) is 15.8. The number of rotatable bonds is 26. The second-order valence-electron chi connectivity index (χ2n) is 35.0. The number of carbonyl (C=O) groups is 4. The number of aromatic amines is 4. The van der Waals surface area contributed by atoms with Gasteiger partial charge in [0.15, 0.2) is 0 Å². The van der Waals surface area contributed by atoms with Gasteiger partial charge < -0.3 is 98.7 Å². The highest BCUT2D eigenvalue weighted by Crippen LogP contribution is 2.47. The zero-order valence-corrected chi connectivity index (χ0v) is 85.9. The number of ether oxygens (including phenoxy) is 8. The van der Waals surface area contributed by atoms with Crippen LogP contribution in [0, 0.1) is 11.6 Å². The average molecular weight is 2280 g/mol. The predicted octanol–water partition coefficient (Wildman–Crippen LogP) is 21.6. The molecule has 28 nitrogen and oxygen atoms in total. The summed E-state index contributed by atoms with van der Waals surface area (Å²) in [4.78, 5) is 74.3. The first kappa shape index (κ1) is 104. The first-order chi connectivity index (χ1) is 70.7. The molecule has 146 heavy (non-hydrogen) atoms. The monoisotopic (exact) mass is 2280 g/mol. The van der Waals surface area contributed by atoms with Crippen molar-refractivity contribution in [1.82, 2.24) is 39.5 Å². The van der Waals surface area contributed by atoms with Crippen molar-refractivity contribution in [2.24, 2.45) is 0 Å². The van der Waals surface area contributed by atoms with Gasteiger partial charge in [-0.3, -0.25) is 19.6 Å². The molecule has 12 aromatic carbocycles. The van der Waals surface area contributed by atoms with Crippen LogP contribution in [0.25, 0.3) is 43.6 Å². The first-order valence-electron chi connectivity index (χ1n) is 46.9. The molecular formula is C110H100Br4Cl2F2N8O20. The smallest absolute Gasteiger partial charge is 0.416 e. The highest BCUT2D eigenvalue weighted by atomic mass is 79.9. The maximum absolute atomic E-state index is 13.4. The number of amides is 4. The van der Waals surface area contributed by atoms with Crippen molar-refractivity contribution >= 4 is 155 Å². The van der Waals surface area contributed by atoms with E-state index in [9.17, 15) is 48.4 Å². The SMILES string of the molecule is O=C(Oc1ccc(Cl)cc1)N1CCc2c([nH]c3ccc(Br)cc23)C1c1ccc(OCC(O)CO)cc1.O=C(Oc1ccc(Cl)cc1)N1CCc2c([nH]c3ccc(Br)cc23)C1c1ccc(OCC[C@H](O)CO)cc1.O=C(Oc1ccc(F)cc1)N1CCc2c([nH]c3ccc(Br)cc23)C1c1ccc(OCC(O)CO)cc1.O=C(Oc1ccc(F)cc1)N1CCc2c([nH]c3ccc(Br)cc23)C1c1ccc(OCC[C@H](O)CO)cc1. The van der Waals surface area contributed by atoms with Crippen LogP contribution in [0.5, 0.6) is 46.0 Å². The molecule has 8 heterocycles. The number of aliphatic hydroxyl groups is 8. The van der Waals surface area contributed by atoms with Gasteiger partial charge in [0.2, 0.25) is 0 Å². The fourth-order valence-electron chi connectivity index (χ4n) is 18.1. The Kier molecular flexibility index (Phi) is 34.5. The van der Waals surface area contributed by atoms with Gasteiger partial charge in [0.1, 0.15) is 107 Å². The normalized spacial score (nSPS) is 15.9. The Bertz CT molecular complexity index is 6820. The second kappa shape index (κ2) is 48.2. The number of nitrogens with one attached hydrogen (secondary N) is 4. The molecule has 6 unspecified atom stereocenters. The number of aliphatic hydroxyl groups excluding tert-OH is 8. The molecule has 4 aliphatic heterocycles. The molecule has 36 heteroatoms.